The van der Waals surface area contributed by atoms with Crippen LogP contribution in [0.4, 0.5) is 5.69 Å². The first-order chi connectivity index (χ1) is 12.7. The van der Waals surface area contributed by atoms with E-state index in [9.17, 15) is 4.79 Å². The second-order valence-electron chi connectivity index (χ2n) is 6.75. The van der Waals surface area contributed by atoms with Gasteiger partial charge in [0.25, 0.3) is 0 Å². The largest absolute Gasteiger partial charge is 0.330 e. The lowest BCUT2D eigenvalue weighted by Crippen LogP contribution is -2.29. The summed E-state index contributed by atoms with van der Waals surface area (Å²) in [5.41, 5.74) is 2.93. The molecule has 3 heterocycles. The highest BCUT2D eigenvalue weighted by molar-refractivity contribution is 5.90. The fraction of sp³-hybridized carbons (Fsp3) is 0.350. The summed E-state index contributed by atoms with van der Waals surface area (Å²) in [6, 6.07) is 12.2. The zero-order valence-electron chi connectivity index (χ0n) is 14.9. The molecule has 1 aliphatic heterocycles. The van der Waals surface area contributed by atoms with Crippen LogP contribution in [-0.4, -0.2) is 38.4 Å². The molecular formula is C20H23N5O. The van der Waals surface area contributed by atoms with Gasteiger partial charge in [0.15, 0.2) is 0 Å². The predicted molar refractivity (Wildman–Crippen MR) is 102 cm³/mol. The molecule has 0 aliphatic carbocycles. The number of aromatic nitrogens is 3. The van der Waals surface area contributed by atoms with Crippen LogP contribution in [0.2, 0.25) is 0 Å². The first kappa shape index (κ1) is 16.7. The number of para-hydroxylation sites is 2. The summed E-state index contributed by atoms with van der Waals surface area (Å²) in [4.78, 5) is 23.5. The first-order valence-corrected chi connectivity index (χ1v) is 9.07. The third-order valence-corrected chi connectivity index (χ3v) is 5.05. The highest BCUT2D eigenvalue weighted by Gasteiger charge is 2.29. The molecule has 26 heavy (non-hydrogen) atoms. The number of hydrogen-bond donors (Lipinski definition) is 1. The molecule has 0 spiro atoms. The monoisotopic (exact) mass is 349 g/mol. The fourth-order valence-corrected chi connectivity index (χ4v) is 3.75. The Bertz CT molecular complexity index is 905. The van der Waals surface area contributed by atoms with Gasteiger partial charge in [-0.3, -0.25) is 14.7 Å². The van der Waals surface area contributed by atoms with E-state index >= 15 is 0 Å². The molecule has 1 aromatic carbocycles. The Morgan fingerprint density at radius 1 is 1.27 bits per heavy atom. The minimum atomic E-state index is 0.0219. The number of likely N-dealkylation sites (tertiary alicyclic amines) is 1. The molecule has 0 unspecified atom stereocenters. The Balaban J connectivity index is 1.43. The second kappa shape index (κ2) is 7.25. The van der Waals surface area contributed by atoms with Crippen LogP contribution in [0, 0.1) is 0 Å². The van der Waals surface area contributed by atoms with Crippen LogP contribution in [0.15, 0.2) is 48.8 Å². The normalized spacial score (nSPS) is 17.7. The van der Waals surface area contributed by atoms with E-state index in [0.29, 0.717) is 6.42 Å². The number of anilines is 1. The Kier molecular flexibility index (Phi) is 4.67. The number of pyridine rings is 1. The molecule has 2 aromatic heterocycles. The summed E-state index contributed by atoms with van der Waals surface area (Å²) in [7, 11) is 2.08. The summed E-state index contributed by atoms with van der Waals surface area (Å²) in [6.07, 6.45) is 6.05. The summed E-state index contributed by atoms with van der Waals surface area (Å²) in [6.45, 7) is 1.74. The van der Waals surface area contributed by atoms with E-state index in [1.165, 1.54) is 0 Å². The Hall–Kier alpha value is -2.73. The van der Waals surface area contributed by atoms with Gasteiger partial charge in [-0.25, -0.2) is 4.98 Å². The van der Waals surface area contributed by atoms with Crippen LogP contribution in [0.1, 0.15) is 31.1 Å². The summed E-state index contributed by atoms with van der Waals surface area (Å²) in [5.74, 6) is 1.12. The van der Waals surface area contributed by atoms with Crippen LogP contribution in [-0.2, 0) is 11.8 Å². The molecule has 3 aromatic rings. The maximum Gasteiger partial charge on any atom is 0.225 e. The molecule has 6 heteroatoms. The van der Waals surface area contributed by atoms with Crippen LogP contribution in [0.5, 0.6) is 0 Å². The van der Waals surface area contributed by atoms with E-state index in [2.05, 4.69) is 38.9 Å². The molecule has 0 radical (unpaired) electrons. The number of carbonyl (C=O) groups excluding carboxylic acids is 1. The molecule has 1 fully saturated rings. The number of hydrogen-bond acceptors (Lipinski definition) is 4. The SMILES string of the molecule is Cn1c([C@H]2CCCN2CCC(=O)Nc2cccnc2)nc2ccccc21. The van der Waals surface area contributed by atoms with E-state index in [1.54, 1.807) is 12.4 Å². The predicted octanol–water partition coefficient (Wildman–Crippen LogP) is 3.13. The number of amides is 1. The van der Waals surface area contributed by atoms with Gasteiger partial charge in [-0.2, -0.15) is 0 Å². The molecule has 0 saturated carbocycles. The summed E-state index contributed by atoms with van der Waals surface area (Å²) >= 11 is 0. The number of nitrogens with one attached hydrogen (secondary N) is 1. The van der Waals surface area contributed by atoms with Crippen molar-refractivity contribution in [2.75, 3.05) is 18.4 Å². The van der Waals surface area contributed by atoms with Gasteiger partial charge in [0.05, 0.1) is 29.0 Å². The van der Waals surface area contributed by atoms with Gasteiger partial charge in [0, 0.05) is 26.2 Å². The van der Waals surface area contributed by atoms with E-state index in [4.69, 9.17) is 4.98 Å². The number of rotatable bonds is 5. The van der Waals surface area contributed by atoms with Crippen molar-refractivity contribution >= 4 is 22.6 Å². The Morgan fingerprint density at radius 3 is 2.96 bits per heavy atom. The highest BCUT2D eigenvalue weighted by Crippen LogP contribution is 2.32. The van der Waals surface area contributed by atoms with Crippen LogP contribution in [0.3, 0.4) is 0 Å². The van der Waals surface area contributed by atoms with Crippen molar-refractivity contribution in [1.82, 2.24) is 19.4 Å². The zero-order chi connectivity index (χ0) is 17.9. The van der Waals surface area contributed by atoms with E-state index in [0.717, 1.165) is 48.5 Å². The lowest BCUT2D eigenvalue weighted by atomic mass is 10.2. The van der Waals surface area contributed by atoms with E-state index in [-0.39, 0.29) is 11.9 Å². The minimum absolute atomic E-state index is 0.0219. The van der Waals surface area contributed by atoms with E-state index in [1.807, 2.05) is 24.3 Å². The molecule has 1 atom stereocenters. The number of benzene rings is 1. The smallest absolute Gasteiger partial charge is 0.225 e. The molecule has 134 valence electrons. The number of nitrogens with zero attached hydrogens (tertiary/aromatic N) is 4. The molecule has 6 nitrogen and oxygen atoms in total. The first-order valence-electron chi connectivity index (χ1n) is 9.07. The summed E-state index contributed by atoms with van der Waals surface area (Å²) in [5, 5.41) is 2.90. The maximum absolute atomic E-state index is 12.2. The van der Waals surface area contributed by atoms with Crippen molar-refractivity contribution in [3.8, 4) is 0 Å². The number of carbonyl (C=O) groups is 1. The molecule has 4 rings (SSSR count). The topological polar surface area (TPSA) is 63.1 Å². The van der Waals surface area contributed by atoms with E-state index < -0.39 is 0 Å². The number of imidazole rings is 1. The van der Waals surface area contributed by atoms with Gasteiger partial charge in [-0.1, -0.05) is 12.1 Å². The molecular weight excluding hydrogens is 326 g/mol. The standard InChI is InChI=1S/C20H23N5O/c1-24-17-8-3-2-7-16(17)23-20(24)18-9-5-12-25(18)13-10-19(26)22-15-6-4-11-21-14-15/h2-4,6-8,11,14,18H,5,9-10,12-13H2,1H3,(H,22,26)/t18-/m1/s1. The molecule has 1 aliphatic rings. The molecule has 0 bridgehead atoms. The highest BCUT2D eigenvalue weighted by atomic mass is 16.1. The van der Waals surface area contributed by atoms with Gasteiger partial charge in [-0.15, -0.1) is 0 Å². The van der Waals surface area contributed by atoms with Crippen molar-refractivity contribution in [3.63, 3.8) is 0 Å². The van der Waals surface area contributed by atoms with Crippen LogP contribution >= 0.6 is 0 Å². The van der Waals surface area contributed by atoms with Crippen LogP contribution < -0.4 is 5.32 Å². The van der Waals surface area contributed by atoms with Crippen molar-refractivity contribution in [3.05, 3.63) is 54.6 Å². The third kappa shape index (κ3) is 3.32. The van der Waals surface area contributed by atoms with Crippen molar-refractivity contribution in [1.29, 1.82) is 0 Å². The molecule has 1 amide bonds. The lowest BCUT2D eigenvalue weighted by molar-refractivity contribution is -0.116. The summed E-state index contributed by atoms with van der Waals surface area (Å²) < 4.78 is 2.19. The van der Waals surface area contributed by atoms with Gasteiger partial charge in [-0.05, 0) is 43.7 Å². The Labute approximate surface area is 152 Å². The quantitative estimate of drug-likeness (QED) is 0.769. The van der Waals surface area contributed by atoms with Gasteiger partial charge in [0.2, 0.25) is 5.91 Å². The zero-order valence-corrected chi connectivity index (χ0v) is 14.9. The average Bonchev–Trinajstić information content (AvgIpc) is 3.25. The van der Waals surface area contributed by atoms with Crippen molar-refractivity contribution in [2.24, 2.45) is 7.05 Å². The maximum atomic E-state index is 12.2. The van der Waals surface area contributed by atoms with Gasteiger partial charge >= 0.3 is 0 Å². The number of aryl methyl sites for hydroxylation is 1. The Morgan fingerprint density at radius 2 is 2.15 bits per heavy atom. The van der Waals surface area contributed by atoms with Crippen molar-refractivity contribution in [2.45, 2.75) is 25.3 Å². The third-order valence-electron chi connectivity index (χ3n) is 5.05. The van der Waals surface area contributed by atoms with Crippen LogP contribution in [0.25, 0.3) is 11.0 Å². The lowest BCUT2D eigenvalue weighted by Gasteiger charge is -2.23. The van der Waals surface area contributed by atoms with Gasteiger partial charge in [0.1, 0.15) is 5.82 Å². The number of fused-ring (bicyclic) bond motifs is 1. The molecule has 1 saturated heterocycles. The second-order valence-corrected chi connectivity index (χ2v) is 6.75. The van der Waals surface area contributed by atoms with Crippen molar-refractivity contribution < 1.29 is 4.79 Å². The van der Waals surface area contributed by atoms with Gasteiger partial charge < -0.3 is 9.88 Å². The average molecular weight is 349 g/mol. The minimum Gasteiger partial charge on any atom is -0.330 e. The molecule has 1 N–H and O–H groups in total. The fourth-order valence-electron chi connectivity index (χ4n) is 3.75.